The van der Waals surface area contributed by atoms with Gasteiger partial charge < -0.3 is 11.1 Å². The minimum absolute atomic E-state index is 0.123. The summed E-state index contributed by atoms with van der Waals surface area (Å²) in [6, 6.07) is 5.74. The third-order valence-corrected chi connectivity index (χ3v) is 3.18. The predicted molar refractivity (Wildman–Crippen MR) is 69.5 cm³/mol. The van der Waals surface area contributed by atoms with Crippen LogP contribution in [0, 0.1) is 5.82 Å². The molecule has 0 saturated heterocycles. The van der Waals surface area contributed by atoms with Crippen LogP contribution in [0.25, 0.3) is 0 Å². The van der Waals surface area contributed by atoms with Crippen LogP contribution < -0.4 is 11.1 Å². The van der Waals surface area contributed by atoms with Gasteiger partial charge in [-0.2, -0.15) is 0 Å². The maximum atomic E-state index is 12.7. The van der Waals surface area contributed by atoms with E-state index in [0.717, 1.165) is 17.3 Å². The minimum atomic E-state index is -0.445. The van der Waals surface area contributed by atoms with Crippen molar-refractivity contribution in [3.63, 3.8) is 0 Å². The molecule has 0 fully saturated rings. The van der Waals surface area contributed by atoms with E-state index in [1.807, 2.05) is 6.92 Å². The number of nitrogens with two attached hydrogens (primary N) is 1. The van der Waals surface area contributed by atoms with Crippen molar-refractivity contribution >= 4 is 23.6 Å². The fourth-order valence-electron chi connectivity index (χ4n) is 1.36. The molecule has 0 aliphatic heterocycles. The van der Waals surface area contributed by atoms with Gasteiger partial charge in [0.25, 0.3) is 0 Å². The molecule has 0 radical (unpaired) electrons. The van der Waals surface area contributed by atoms with Crippen molar-refractivity contribution in [3.8, 4) is 0 Å². The Bertz CT molecular complexity index is 423. The topological polar surface area (TPSA) is 72.2 Å². The Labute approximate surface area is 109 Å². The highest BCUT2D eigenvalue weighted by molar-refractivity contribution is 8.00. The molecule has 2 amide bonds. The number of hydrogen-bond donors (Lipinski definition) is 2. The van der Waals surface area contributed by atoms with Gasteiger partial charge in [0.2, 0.25) is 11.8 Å². The molecule has 3 N–H and O–H groups in total. The van der Waals surface area contributed by atoms with E-state index in [1.165, 1.54) is 12.1 Å². The summed E-state index contributed by atoms with van der Waals surface area (Å²) in [7, 11) is 0. The summed E-state index contributed by atoms with van der Waals surface area (Å²) >= 11 is 1.16. The van der Waals surface area contributed by atoms with Gasteiger partial charge in [0.05, 0.1) is 17.5 Å². The van der Waals surface area contributed by atoms with Crippen LogP contribution >= 0.6 is 11.8 Å². The highest BCUT2D eigenvalue weighted by Gasteiger charge is 2.09. The molecule has 0 unspecified atom stereocenters. The number of primary amides is 1. The summed E-state index contributed by atoms with van der Waals surface area (Å²) < 4.78 is 12.7. The molecule has 1 rings (SSSR count). The lowest BCUT2D eigenvalue weighted by Crippen LogP contribution is -2.28. The zero-order valence-corrected chi connectivity index (χ0v) is 10.8. The van der Waals surface area contributed by atoms with Crippen molar-refractivity contribution in [2.45, 2.75) is 13.0 Å². The lowest BCUT2D eigenvalue weighted by Gasteiger charge is -2.14. The molecular weight excluding hydrogens is 255 g/mol. The van der Waals surface area contributed by atoms with Crippen LogP contribution in [0.2, 0.25) is 0 Å². The van der Waals surface area contributed by atoms with Crippen LogP contribution in [-0.4, -0.2) is 23.3 Å². The molecule has 0 saturated carbocycles. The van der Waals surface area contributed by atoms with Crippen molar-refractivity contribution in [2.24, 2.45) is 5.73 Å². The molecule has 0 bridgehead atoms. The molecule has 6 heteroatoms. The summed E-state index contributed by atoms with van der Waals surface area (Å²) in [6.45, 7) is 1.81. The van der Waals surface area contributed by atoms with Crippen LogP contribution in [0.4, 0.5) is 4.39 Å². The first-order valence-corrected chi connectivity index (χ1v) is 6.55. The quantitative estimate of drug-likeness (QED) is 0.816. The van der Waals surface area contributed by atoms with Gasteiger partial charge in [-0.15, -0.1) is 11.8 Å². The molecule has 1 atom stereocenters. The average molecular weight is 270 g/mol. The zero-order chi connectivity index (χ0) is 13.5. The van der Waals surface area contributed by atoms with Gasteiger partial charge in [0.15, 0.2) is 0 Å². The fraction of sp³-hybridized carbons (Fsp3) is 0.333. The first kappa shape index (κ1) is 14.5. The van der Waals surface area contributed by atoms with Crippen LogP contribution in [0.15, 0.2) is 24.3 Å². The second kappa shape index (κ2) is 7.00. The van der Waals surface area contributed by atoms with Crippen molar-refractivity contribution in [2.75, 3.05) is 11.5 Å². The lowest BCUT2D eigenvalue weighted by atomic mass is 10.1. The Hall–Kier alpha value is -1.56. The van der Waals surface area contributed by atoms with Crippen molar-refractivity contribution in [3.05, 3.63) is 35.6 Å². The Morgan fingerprint density at radius 3 is 2.50 bits per heavy atom. The van der Waals surface area contributed by atoms with E-state index in [4.69, 9.17) is 5.73 Å². The van der Waals surface area contributed by atoms with Crippen molar-refractivity contribution < 1.29 is 14.0 Å². The van der Waals surface area contributed by atoms with E-state index in [-0.39, 0.29) is 29.3 Å². The maximum absolute atomic E-state index is 12.7. The Kier molecular flexibility index (Phi) is 5.64. The Balaban J connectivity index is 2.39. The van der Waals surface area contributed by atoms with Gasteiger partial charge >= 0.3 is 0 Å². The largest absolute Gasteiger partial charge is 0.369 e. The van der Waals surface area contributed by atoms with Gasteiger partial charge in [-0.1, -0.05) is 12.1 Å². The van der Waals surface area contributed by atoms with E-state index >= 15 is 0 Å². The number of amides is 2. The van der Waals surface area contributed by atoms with Gasteiger partial charge in [-0.05, 0) is 24.6 Å². The highest BCUT2D eigenvalue weighted by atomic mass is 32.2. The molecule has 1 aromatic rings. The second-order valence-corrected chi connectivity index (χ2v) is 4.79. The van der Waals surface area contributed by atoms with Crippen LogP contribution in [0.3, 0.4) is 0 Å². The molecule has 0 aromatic heterocycles. The van der Waals surface area contributed by atoms with Crippen molar-refractivity contribution in [1.82, 2.24) is 5.32 Å². The summed E-state index contributed by atoms with van der Waals surface area (Å²) in [6.07, 6.45) is 0. The van der Waals surface area contributed by atoms with Gasteiger partial charge in [-0.3, -0.25) is 9.59 Å². The summed E-state index contributed by atoms with van der Waals surface area (Å²) in [4.78, 5) is 22.0. The standard InChI is InChI=1S/C12H15FN2O2S/c1-8(9-2-4-10(13)5-3-9)15-12(17)7-18-6-11(14)16/h2-5,8H,6-7H2,1H3,(H2,14,16)(H,15,17)/t8-/m1/s1. The molecule has 0 heterocycles. The second-order valence-electron chi connectivity index (χ2n) is 3.80. The third-order valence-electron chi connectivity index (χ3n) is 2.22. The molecule has 0 spiro atoms. The Morgan fingerprint density at radius 2 is 1.94 bits per heavy atom. The summed E-state index contributed by atoms with van der Waals surface area (Å²) in [5, 5.41) is 2.76. The van der Waals surface area contributed by atoms with Gasteiger partial charge in [0.1, 0.15) is 5.82 Å². The molecule has 0 aliphatic carbocycles. The van der Waals surface area contributed by atoms with E-state index in [0.29, 0.717) is 0 Å². The number of rotatable bonds is 6. The van der Waals surface area contributed by atoms with E-state index in [1.54, 1.807) is 12.1 Å². The number of carbonyl (C=O) groups is 2. The third kappa shape index (κ3) is 5.18. The van der Waals surface area contributed by atoms with Gasteiger partial charge in [-0.25, -0.2) is 4.39 Å². The summed E-state index contributed by atoms with van der Waals surface area (Å²) in [5.41, 5.74) is 5.78. The van der Waals surface area contributed by atoms with Crippen LogP contribution in [-0.2, 0) is 9.59 Å². The first-order valence-electron chi connectivity index (χ1n) is 5.40. The Morgan fingerprint density at radius 1 is 1.33 bits per heavy atom. The average Bonchev–Trinajstić information content (AvgIpc) is 2.29. The van der Waals surface area contributed by atoms with Crippen molar-refractivity contribution in [1.29, 1.82) is 0 Å². The van der Waals surface area contributed by atoms with Crippen LogP contribution in [0.5, 0.6) is 0 Å². The molecular formula is C12H15FN2O2S. The number of benzene rings is 1. The van der Waals surface area contributed by atoms with E-state index in [2.05, 4.69) is 5.32 Å². The zero-order valence-electron chi connectivity index (χ0n) is 9.98. The number of carbonyl (C=O) groups excluding carboxylic acids is 2. The lowest BCUT2D eigenvalue weighted by molar-refractivity contribution is -0.119. The molecule has 98 valence electrons. The predicted octanol–water partition coefficient (Wildman–Crippen LogP) is 1.22. The molecule has 0 aliphatic rings. The highest BCUT2D eigenvalue weighted by Crippen LogP contribution is 2.13. The monoisotopic (exact) mass is 270 g/mol. The van der Waals surface area contributed by atoms with E-state index in [9.17, 15) is 14.0 Å². The number of thioether (sulfide) groups is 1. The molecule has 18 heavy (non-hydrogen) atoms. The number of hydrogen-bond acceptors (Lipinski definition) is 3. The SMILES string of the molecule is C[C@@H](NC(=O)CSCC(N)=O)c1ccc(F)cc1. The summed E-state index contributed by atoms with van der Waals surface area (Å²) in [5.74, 6) is -0.640. The smallest absolute Gasteiger partial charge is 0.230 e. The maximum Gasteiger partial charge on any atom is 0.230 e. The molecule has 4 nitrogen and oxygen atoms in total. The first-order chi connectivity index (χ1) is 8.49. The van der Waals surface area contributed by atoms with E-state index < -0.39 is 5.91 Å². The molecule has 1 aromatic carbocycles. The van der Waals surface area contributed by atoms with Gasteiger partial charge in [0, 0.05) is 0 Å². The minimum Gasteiger partial charge on any atom is -0.369 e. The van der Waals surface area contributed by atoms with Crippen LogP contribution in [0.1, 0.15) is 18.5 Å². The number of halogens is 1. The fourth-order valence-corrected chi connectivity index (χ4v) is 1.93. The number of nitrogens with one attached hydrogen (secondary N) is 1. The normalized spacial score (nSPS) is 11.9.